The Morgan fingerprint density at radius 3 is 2.71 bits per heavy atom. The van der Waals surface area contributed by atoms with Gasteiger partial charge in [0.1, 0.15) is 12.4 Å². The van der Waals surface area contributed by atoms with Gasteiger partial charge in [0.2, 0.25) is 0 Å². The van der Waals surface area contributed by atoms with Crippen LogP contribution in [0.5, 0.6) is 0 Å². The van der Waals surface area contributed by atoms with Gasteiger partial charge in [0, 0.05) is 12.0 Å². The van der Waals surface area contributed by atoms with Gasteiger partial charge in [-0.25, -0.2) is 9.18 Å². The van der Waals surface area contributed by atoms with Crippen LogP contribution >= 0.6 is 12.4 Å². The lowest BCUT2D eigenvalue weighted by atomic mass is 9.89. The van der Waals surface area contributed by atoms with Crippen molar-refractivity contribution in [1.82, 2.24) is 10.6 Å². The van der Waals surface area contributed by atoms with Crippen LogP contribution in [0.1, 0.15) is 23.1 Å². The van der Waals surface area contributed by atoms with E-state index in [-0.39, 0.29) is 30.2 Å². The van der Waals surface area contributed by atoms with Gasteiger partial charge in [0.15, 0.2) is 0 Å². The van der Waals surface area contributed by atoms with Crippen LogP contribution in [0.25, 0.3) is 0 Å². The Balaban J connectivity index is 0.00000225. The lowest BCUT2D eigenvalue weighted by molar-refractivity contribution is 0.138. The molecule has 4 nitrogen and oxygen atoms in total. The summed E-state index contributed by atoms with van der Waals surface area (Å²) in [5.74, 6) is 0.591. The molecule has 3 atom stereocenters. The molecule has 28 heavy (non-hydrogen) atoms. The van der Waals surface area contributed by atoms with E-state index >= 15 is 0 Å². The zero-order valence-electron chi connectivity index (χ0n) is 15.9. The van der Waals surface area contributed by atoms with E-state index in [1.54, 1.807) is 13.0 Å². The summed E-state index contributed by atoms with van der Waals surface area (Å²) in [4.78, 5) is 12.2. The molecule has 2 aliphatic rings. The molecule has 1 aliphatic heterocycles. The fourth-order valence-electron chi connectivity index (χ4n) is 4.66. The van der Waals surface area contributed by atoms with E-state index < -0.39 is 6.09 Å². The molecule has 1 heterocycles. The number of carbonyl (C=O) groups is 1. The van der Waals surface area contributed by atoms with Crippen LogP contribution in [-0.2, 0) is 16.8 Å². The van der Waals surface area contributed by atoms with Gasteiger partial charge in [0.25, 0.3) is 0 Å². The average molecular weight is 405 g/mol. The molecular weight excluding hydrogens is 379 g/mol. The first-order valence-corrected chi connectivity index (χ1v) is 9.54. The number of aryl methyl sites for hydroxylation is 1. The second-order valence-electron chi connectivity index (χ2n) is 7.60. The highest BCUT2D eigenvalue weighted by molar-refractivity contribution is 5.85. The predicted octanol–water partition coefficient (Wildman–Crippen LogP) is 3.96. The molecule has 0 radical (unpaired) electrons. The summed E-state index contributed by atoms with van der Waals surface area (Å²) in [5.41, 5.74) is 1.97. The average Bonchev–Trinajstić information content (AvgIpc) is 3.36. The molecule has 2 aromatic carbocycles. The van der Waals surface area contributed by atoms with Crippen molar-refractivity contribution in [2.24, 2.45) is 11.8 Å². The zero-order chi connectivity index (χ0) is 18.9. The van der Waals surface area contributed by atoms with Gasteiger partial charge in [-0.3, -0.25) is 0 Å². The molecule has 0 unspecified atom stereocenters. The molecule has 1 aliphatic carbocycles. The topological polar surface area (TPSA) is 50.4 Å². The van der Waals surface area contributed by atoms with E-state index in [1.165, 1.54) is 0 Å². The van der Waals surface area contributed by atoms with Crippen LogP contribution in [0.4, 0.5) is 9.18 Å². The number of benzene rings is 2. The summed E-state index contributed by atoms with van der Waals surface area (Å²) in [6.45, 7) is 4.22. The Kier molecular flexibility index (Phi) is 6.26. The van der Waals surface area contributed by atoms with E-state index in [0.717, 1.165) is 30.6 Å². The van der Waals surface area contributed by atoms with Crippen LogP contribution in [0.15, 0.2) is 48.5 Å². The van der Waals surface area contributed by atoms with E-state index in [9.17, 15) is 9.18 Å². The highest BCUT2D eigenvalue weighted by atomic mass is 35.5. The van der Waals surface area contributed by atoms with Gasteiger partial charge < -0.3 is 15.4 Å². The van der Waals surface area contributed by atoms with Crippen molar-refractivity contribution in [3.05, 3.63) is 71.0 Å². The smallest absolute Gasteiger partial charge is 0.407 e. The number of piperidine rings is 1. The van der Waals surface area contributed by atoms with Gasteiger partial charge in [-0.2, -0.15) is 0 Å². The maximum atomic E-state index is 14.9. The van der Waals surface area contributed by atoms with E-state index in [0.29, 0.717) is 23.9 Å². The highest BCUT2D eigenvalue weighted by Crippen LogP contribution is 2.62. The molecule has 4 rings (SSSR count). The van der Waals surface area contributed by atoms with Crippen molar-refractivity contribution in [2.45, 2.75) is 25.4 Å². The number of alkyl carbamates (subject to hydrolysis) is 1. The third-order valence-corrected chi connectivity index (χ3v) is 6.13. The van der Waals surface area contributed by atoms with Crippen LogP contribution in [-0.4, -0.2) is 25.7 Å². The molecule has 0 spiro atoms. The fourth-order valence-corrected chi connectivity index (χ4v) is 4.66. The van der Waals surface area contributed by atoms with Gasteiger partial charge >= 0.3 is 6.09 Å². The minimum absolute atomic E-state index is 0. The number of hydrogen-bond acceptors (Lipinski definition) is 3. The number of nitrogens with one attached hydrogen (secondary N) is 2. The standard InChI is InChI=1S/C22H25FN2O2.ClH/c1-15-6-5-9-18(20(15)23)22(17-10-11-24-12-19(17)22)14-25-21(26)27-13-16-7-3-2-4-8-16;/h2-9,17,19,24H,10-14H2,1H3,(H,25,26);1H/t17-,19+,22-;/m1./s1. The monoisotopic (exact) mass is 404 g/mol. The molecule has 2 N–H and O–H groups in total. The Labute approximate surface area is 171 Å². The van der Waals surface area contributed by atoms with E-state index in [1.807, 2.05) is 42.5 Å². The predicted molar refractivity (Wildman–Crippen MR) is 109 cm³/mol. The van der Waals surface area contributed by atoms with Gasteiger partial charge in [0.05, 0.1) is 0 Å². The Hall–Kier alpha value is -2.11. The van der Waals surface area contributed by atoms with Crippen molar-refractivity contribution < 1.29 is 13.9 Å². The Bertz CT molecular complexity index is 819. The van der Waals surface area contributed by atoms with Crippen molar-refractivity contribution in [3.8, 4) is 0 Å². The summed E-state index contributed by atoms with van der Waals surface area (Å²) in [6.07, 6.45) is 0.543. The molecular formula is C22H26ClFN2O2. The molecule has 2 fully saturated rings. The first-order chi connectivity index (χ1) is 13.1. The molecule has 0 aromatic heterocycles. The van der Waals surface area contributed by atoms with Crippen LogP contribution in [0, 0.1) is 24.6 Å². The van der Waals surface area contributed by atoms with Crippen LogP contribution < -0.4 is 10.6 Å². The first kappa shape index (κ1) is 20.6. The molecule has 0 bridgehead atoms. The number of hydrogen-bond donors (Lipinski definition) is 2. The highest BCUT2D eigenvalue weighted by Gasteiger charge is 2.66. The maximum Gasteiger partial charge on any atom is 0.407 e. The summed E-state index contributed by atoms with van der Waals surface area (Å²) >= 11 is 0. The number of rotatable bonds is 5. The van der Waals surface area contributed by atoms with Crippen molar-refractivity contribution in [1.29, 1.82) is 0 Å². The Morgan fingerprint density at radius 2 is 2.00 bits per heavy atom. The second-order valence-corrected chi connectivity index (χ2v) is 7.60. The van der Waals surface area contributed by atoms with Crippen molar-refractivity contribution in [2.75, 3.05) is 19.6 Å². The largest absolute Gasteiger partial charge is 0.445 e. The first-order valence-electron chi connectivity index (χ1n) is 9.54. The van der Waals surface area contributed by atoms with Gasteiger partial charge in [-0.1, -0.05) is 48.5 Å². The van der Waals surface area contributed by atoms with Crippen LogP contribution in [0.2, 0.25) is 0 Å². The fraction of sp³-hybridized carbons (Fsp3) is 0.409. The molecule has 150 valence electrons. The quantitative estimate of drug-likeness (QED) is 0.793. The number of ether oxygens (including phenoxy) is 1. The van der Waals surface area contributed by atoms with Gasteiger partial charge in [-0.15, -0.1) is 12.4 Å². The number of halogens is 2. The lowest BCUT2D eigenvalue weighted by Crippen LogP contribution is -2.35. The summed E-state index contributed by atoms with van der Waals surface area (Å²) < 4.78 is 20.2. The number of amides is 1. The molecule has 1 saturated carbocycles. The van der Waals surface area contributed by atoms with E-state index in [4.69, 9.17) is 4.74 Å². The maximum absolute atomic E-state index is 14.9. The minimum Gasteiger partial charge on any atom is -0.445 e. The second kappa shape index (κ2) is 8.50. The minimum atomic E-state index is -0.456. The molecule has 1 saturated heterocycles. The Morgan fingerprint density at radius 1 is 1.21 bits per heavy atom. The molecule has 6 heteroatoms. The van der Waals surface area contributed by atoms with Crippen molar-refractivity contribution in [3.63, 3.8) is 0 Å². The summed E-state index contributed by atoms with van der Waals surface area (Å²) in [7, 11) is 0. The van der Waals surface area contributed by atoms with Crippen LogP contribution in [0.3, 0.4) is 0 Å². The van der Waals surface area contributed by atoms with Gasteiger partial charge in [-0.05, 0) is 55.0 Å². The molecule has 2 aromatic rings. The summed E-state index contributed by atoms with van der Waals surface area (Å²) in [5, 5.41) is 6.30. The summed E-state index contributed by atoms with van der Waals surface area (Å²) in [6, 6.07) is 15.1. The number of fused-ring (bicyclic) bond motifs is 1. The third kappa shape index (κ3) is 3.74. The third-order valence-electron chi connectivity index (χ3n) is 6.13. The zero-order valence-corrected chi connectivity index (χ0v) is 16.7. The molecule has 1 amide bonds. The van der Waals surface area contributed by atoms with Crippen molar-refractivity contribution >= 4 is 18.5 Å². The van der Waals surface area contributed by atoms with E-state index in [2.05, 4.69) is 10.6 Å². The normalized spacial score (nSPS) is 25.2. The lowest BCUT2D eigenvalue weighted by Gasteiger charge is -2.21. The number of carbonyl (C=O) groups excluding carboxylic acids is 1. The SMILES string of the molecule is Cc1cccc([C@@]2(CNC(=O)OCc3ccccc3)[C@@H]3CCNC[C@@H]32)c1F.Cl.